The maximum Gasteiger partial charge on any atom is 0.224 e. The molecule has 4 nitrogen and oxygen atoms in total. The van der Waals surface area contributed by atoms with E-state index < -0.39 is 0 Å². The summed E-state index contributed by atoms with van der Waals surface area (Å²) in [6, 6.07) is 11.6. The van der Waals surface area contributed by atoms with Crippen LogP contribution in [0.5, 0.6) is 11.5 Å². The molecule has 0 saturated heterocycles. The highest BCUT2D eigenvalue weighted by molar-refractivity contribution is 9.10. The molecule has 2 aromatic carbocycles. The second-order valence-corrected chi connectivity index (χ2v) is 6.21. The van der Waals surface area contributed by atoms with Crippen molar-refractivity contribution >= 4 is 27.5 Å². The number of halogens is 1. The molecule has 2 rings (SSSR count). The lowest BCUT2D eigenvalue weighted by molar-refractivity contribution is -0.116. The Bertz CT molecular complexity index is 716. The summed E-state index contributed by atoms with van der Waals surface area (Å²) >= 11 is 3.52. The first-order valence-electron chi connectivity index (χ1n) is 7.87. The number of anilines is 1. The van der Waals surface area contributed by atoms with Gasteiger partial charge in [0.05, 0.1) is 14.2 Å². The molecule has 0 fully saturated rings. The second-order valence-electron chi connectivity index (χ2n) is 5.36. The minimum atomic E-state index is -0.00224. The maximum absolute atomic E-state index is 12.3. The van der Waals surface area contributed by atoms with Crippen LogP contribution in [0.25, 0.3) is 0 Å². The molecule has 2 aromatic rings. The summed E-state index contributed by atoms with van der Waals surface area (Å²) in [5.74, 6) is 1.32. The van der Waals surface area contributed by atoms with E-state index in [9.17, 15) is 4.79 Å². The van der Waals surface area contributed by atoms with Crippen LogP contribution < -0.4 is 14.8 Å². The van der Waals surface area contributed by atoms with E-state index in [1.807, 2.05) is 36.4 Å². The van der Waals surface area contributed by atoms with E-state index in [0.717, 1.165) is 27.7 Å². The van der Waals surface area contributed by atoms with E-state index in [2.05, 4.69) is 28.2 Å². The molecule has 0 bridgehead atoms. The van der Waals surface area contributed by atoms with Gasteiger partial charge in [-0.15, -0.1) is 0 Å². The SMILES string of the molecule is CCc1ccccc1NC(=O)CCc1cc(OC)c(OC)cc1Br. The quantitative estimate of drug-likeness (QED) is 0.749. The Labute approximate surface area is 151 Å². The number of para-hydroxylation sites is 1. The van der Waals surface area contributed by atoms with Crippen LogP contribution in [0.1, 0.15) is 24.5 Å². The van der Waals surface area contributed by atoms with E-state index >= 15 is 0 Å². The van der Waals surface area contributed by atoms with Crippen LogP contribution in [0, 0.1) is 0 Å². The number of aryl methyl sites for hydroxylation is 2. The molecule has 5 heteroatoms. The van der Waals surface area contributed by atoms with Gasteiger partial charge < -0.3 is 14.8 Å². The Morgan fingerprint density at radius 2 is 1.75 bits per heavy atom. The summed E-state index contributed by atoms with van der Waals surface area (Å²) in [4.78, 5) is 12.3. The van der Waals surface area contributed by atoms with Gasteiger partial charge in [0.2, 0.25) is 5.91 Å². The number of ether oxygens (including phenoxy) is 2. The Morgan fingerprint density at radius 3 is 2.42 bits per heavy atom. The van der Waals surface area contributed by atoms with Crippen LogP contribution in [0.3, 0.4) is 0 Å². The van der Waals surface area contributed by atoms with Crippen LogP contribution in [-0.2, 0) is 17.6 Å². The number of benzene rings is 2. The number of hydrogen-bond acceptors (Lipinski definition) is 3. The molecule has 0 atom stereocenters. The third-order valence-corrected chi connectivity index (χ3v) is 4.58. The molecule has 0 aliphatic heterocycles. The Morgan fingerprint density at radius 1 is 1.08 bits per heavy atom. The molecule has 0 radical (unpaired) electrons. The highest BCUT2D eigenvalue weighted by Crippen LogP contribution is 2.33. The third kappa shape index (κ3) is 4.51. The van der Waals surface area contributed by atoms with Crippen molar-refractivity contribution in [2.45, 2.75) is 26.2 Å². The second kappa shape index (κ2) is 8.73. The van der Waals surface area contributed by atoms with Crippen molar-refractivity contribution in [2.24, 2.45) is 0 Å². The Balaban J connectivity index is 2.04. The monoisotopic (exact) mass is 391 g/mol. The van der Waals surface area contributed by atoms with Gasteiger partial charge in [0.15, 0.2) is 11.5 Å². The number of carbonyl (C=O) groups excluding carboxylic acids is 1. The van der Waals surface area contributed by atoms with Gasteiger partial charge in [0.1, 0.15) is 0 Å². The topological polar surface area (TPSA) is 47.6 Å². The number of carbonyl (C=O) groups is 1. The van der Waals surface area contributed by atoms with Crippen molar-refractivity contribution in [2.75, 3.05) is 19.5 Å². The lowest BCUT2D eigenvalue weighted by atomic mass is 10.1. The van der Waals surface area contributed by atoms with Crippen molar-refractivity contribution in [1.29, 1.82) is 0 Å². The average Bonchev–Trinajstić information content (AvgIpc) is 2.60. The predicted molar refractivity (Wildman–Crippen MR) is 100 cm³/mol. The lowest BCUT2D eigenvalue weighted by Crippen LogP contribution is -2.13. The highest BCUT2D eigenvalue weighted by atomic mass is 79.9. The third-order valence-electron chi connectivity index (χ3n) is 3.85. The van der Waals surface area contributed by atoms with Crippen molar-refractivity contribution in [3.63, 3.8) is 0 Å². The fraction of sp³-hybridized carbons (Fsp3) is 0.316. The summed E-state index contributed by atoms with van der Waals surface area (Å²) in [5, 5.41) is 2.99. The van der Waals surface area contributed by atoms with E-state index in [4.69, 9.17) is 9.47 Å². The molecular weight excluding hydrogens is 370 g/mol. The zero-order chi connectivity index (χ0) is 17.5. The highest BCUT2D eigenvalue weighted by Gasteiger charge is 2.12. The van der Waals surface area contributed by atoms with Gasteiger partial charge in [0.25, 0.3) is 0 Å². The molecule has 1 N–H and O–H groups in total. The predicted octanol–water partition coefficient (Wildman–Crippen LogP) is 4.60. The van der Waals surface area contributed by atoms with E-state index in [0.29, 0.717) is 24.3 Å². The van der Waals surface area contributed by atoms with Gasteiger partial charge in [0, 0.05) is 16.6 Å². The van der Waals surface area contributed by atoms with Crippen LogP contribution in [-0.4, -0.2) is 20.1 Å². The van der Waals surface area contributed by atoms with Crippen LogP contribution in [0.15, 0.2) is 40.9 Å². The number of methoxy groups -OCH3 is 2. The number of rotatable bonds is 7. The van der Waals surface area contributed by atoms with Crippen molar-refractivity contribution in [3.8, 4) is 11.5 Å². The Kier molecular flexibility index (Phi) is 6.67. The minimum absolute atomic E-state index is 0.00224. The fourth-order valence-corrected chi connectivity index (χ4v) is 3.02. The first-order valence-corrected chi connectivity index (χ1v) is 8.66. The van der Waals surface area contributed by atoms with Gasteiger partial charge in [-0.3, -0.25) is 4.79 Å². The van der Waals surface area contributed by atoms with Crippen molar-refractivity contribution in [3.05, 3.63) is 52.0 Å². The van der Waals surface area contributed by atoms with Crippen molar-refractivity contribution in [1.82, 2.24) is 0 Å². The molecule has 0 aliphatic carbocycles. The number of hydrogen-bond donors (Lipinski definition) is 1. The number of nitrogens with one attached hydrogen (secondary N) is 1. The smallest absolute Gasteiger partial charge is 0.224 e. The molecular formula is C19H22BrNO3. The van der Waals surface area contributed by atoms with E-state index in [1.54, 1.807) is 14.2 Å². The zero-order valence-corrected chi connectivity index (χ0v) is 15.8. The summed E-state index contributed by atoms with van der Waals surface area (Å²) in [6.45, 7) is 2.08. The molecule has 0 saturated carbocycles. The molecule has 0 heterocycles. The molecule has 128 valence electrons. The summed E-state index contributed by atoms with van der Waals surface area (Å²) in [5.41, 5.74) is 3.03. The summed E-state index contributed by atoms with van der Waals surface area (Å²) < 4.78 is 11.5. The molecule has 0 unspecified atom stereocenters. The number of amides is 1. The van der Waals surface area contributed by atoms with Crippen LogP contribution in [0.2, 0.25) is 0 Å². The Hall–Kier alpha value is -2.01. The van der Waals surface area contributed by atoms with Gasteiger partial charge in [-0.2, -0.15) is 0 Å². The van der Waals surface area contributed by atoms with Crippen molar-refractivity contribution < 1.29 is 14.3 Å². The zero-order valence-electron chi connectivity index (χ0n) is 14.2. The van der Waals surface area contributed by atoms with Gasteiger partial charge >= 0.3 is 0 Å². The molecule has 0 aliphatic rings. The standard InChI is InChI=1S/C19H22BrNO3/c1-4-13-7-5-6-8-16(13)21-19(22)10-9-14-11-17(23-2)18(24-3)12-15(14)20/h5-8,11-12H,4,9-10H2,1-3H3,(H,21,22). The molecule has 0 spiro atoms. The summed E-state index contributed by atoms with van der Waals surface area (Å²) in [6.07, 6.45) is 1.89. The fourth-order valence-electron chi connectivity index (χ4n) is 2.50. The minimum Gasteiger partial charge on any atom is -0.493 e. The van der Waals surface area contributed by atoms with Gasteiger partial charge in [-0.05, 0) is 42.2 Å². The lowest BCUT2D eigenvalue weighted by Gasteiger charge is -2.12. The average molecular weight is 392 g/mol. The molecule has 24 heavy (non-hydrogen) atoms. The van der Waals surface area contributed by atoms with Gasteiger partial charge in [-0.25, -0.2) is 0 Å². The summed E-state index contributed by atoms with van der Waals surface area (Å²) in [7, 11) is 3.20. The molecule has 0 aromatic heterocycles. The van der Waals surface area contributed by atoms with E-state index in [-0.39, 0.29) is 5.91 Å². The van der Waals surface area contributed by atoms with Crippen LogP contribution in [0.4, 0.5) is 5.69 Å². The maximum atomic E-state index is 12.3. The van der Waals surface area contributed by atoms with E-state index in [1.165, 1.54) is 0 Å². The largest absolute Gasteiger partial charge is 0.493 e. The van der Waals surface area contributed by atoms with Crippen LogP contribution >= 0.6 is 15.9 Å². The first-order chi connectivity index (χ1) is 11.6. The normalized spacial score (nSPS) is 10.3. The molecule has 1 amide bonds. The first kappa shape index (κ1) is 18.3. The van der Waals surface area contributed by atoms with Gasteiger partial charge in [-0.1, -0.05) is 41.1 Å².